The SMILES string of the molecule is Cc1cn([C@H](OCCON)[C@@H](O)CO)c(=O)[nH]c1=O. The van der Waals surface area contributed by atoms with Crippen LogP contribution in [0.3, 0.4) is 0 Å². The number of aromatic nitrogens is 2. The molecule has 0 aliphatic heterocycles. The van der Waals surface area contributed by atoms with E-state index in [0.717, 1.165) is 4.57 Å². The number of ether oxygens (including phenoxy) is 1. The maximum absolute atomic E-state index is 11.7. The fraction of sp³-hybridized carbons (Fsp3) is 0.600. The third kappa shape index (κ3) is 3.98. The van der Waals surface area contributed by atoms with Crippen molar-refractivity contribution in [2.24, 2.45) is 5.90 Å². The molecule has 1 aromatic heterocycles. The molecule has 1 heterocycles. The van der Waals surface area contributed by atoms with Gasteiger partial charge in [0.2, 0.25) is 0 Å². The van der Waals surface area contributed by atoms with E-state index in [1.165, 1.54) is 13.1 Å². The highest BCUT2D eigenvalue weighted by atomic mass is 16.6. The smallest absolute Gasteiger partial charge is 0.330 e. The molecule has 0 unspecified atom stereocenters. The largest absolute Gasteiger partial charge is 0.394 e. The van der Waals surface area contributed by atoms with Gasteiger partial charge in [0.05, 0.1) is 19.8 Å². The van der Waals surface area contributed by atoms with E-state index in [1.807, 2.05) is 0 Å². The molecule has 0 fully saturated rings. The number of aliphatic hydroxyl groups is 2. The van der Waals surface area contributed by atoms with Gasteiger partial charge in [0.15, 0.2) is 6.23 Å². The molecule has 0 aliphatic rings. The van der Waals surface area contributed by atoms with Crippen LogP contribution >= 0.6 is 0 Å². The lowest BCUT2D eigenvalue weighted by Gasteiger charge is -2.23. The molecule has 0 saturated heterocycles. The van der Waals surface area contributed by atoms with Crippen molar-refractivity contribution in [3.8, 4) is 0 Å². The highest BCUT2D eigenvalue weighted by Gasteiger charge is 2.22. The Morgan fingerprint density at radius 2 is 2.16 bits per heavy atom. The molecule has 5 N–H and O–H groups in total. The lowest BCUT2D eigenvalue weighted by atomic mass is 10.3. The first-order chi connectivity index (χ1) is 9.01. The first kappa shape index (κ1) is 15.5. The standard InChI is InChI=1S/C10H17N3O6/c1-6-4-13(10(17)12-8(6)16)9(7(15)5-14)18-2-3-19-11/h4,7,9,14-15H,2-3,5,11H2,1H3,(H,12,16,17)/t7-,9+/m0/s1. The van der Waals surface area contributed by atoms with Crippen molar-refractivity contribution in [3.63, 3.8) is 0 Å². The van der Waals surface area contributed by atoms with Crippen LogP contribution in [0.4, 0.5) is 0 Å². The molecule has 19 heavy (non-hydrogen) atoms. The van der Waals surface area contributed by atoms with Crippen LogP contribution in [0, 0.1) is 6.92 Å². The van der Waals surface area contributed by atoms with Crippen LogP contribution < -0.4 is 17.1 Å². The number of nitrogens with two attached hydrogens (primary N) is 1. The zero-order chi connectivity index (χ0) is 14.4. The first-order valence-corrected chi connectivity index (χ1v) is 5.55. The first-order valence-electron chi connectivity index (χ1n) is 5.55. The fourth-order valence-electron chi connectivity index (χ4n) is 1.46. The molecule has 0 spiro atoms. The van der Waals surface area contributed by atoms with Gasteiger partial charge in [0.1, 0.15) is 6.10 Å². The number of nitrogens with zero attached hydrogens (tertiary/aromatic N) is 1. The van der Waals surface area contributed by atoms with Crippen molar-refractivity contribution in [3.05, 3.63) is 32.6 Å². The highest BCUT2D eigenvalue weighted by molar-refractivity contribution is 5.01. The van der Waals surface area contributed by atoms with E-state index in [1.54, 1.807) is 0 Å². The second-order valence-electron chi connectivity index (χ2n) is 3.86. The maximum atomic E-state index is 11.7. The second-order valence-corrected chi connectivity index (χ2v) is 3.86. The molecule has 0 radical (unpaired) electrons. The quantitative estimate of drug-likeness (QED) is 0.321. The Hall–Kier alpha value is -1.52. The average Bonchev–Trinajstić information content (AvgIpc) is 2.39. The van der Waals surface area contributed by atoms with Crippen LogP contribution in [-0.4, -0.2) is 45.7 Å². The summed E-state index contributed by atoms with van der Waals surface area (Å²) in [5, 5.41) is 18.6. The van der Waals surface area contributed by atoms with Gasteiger partial charge in [-0.3, -0.25) is 14.3 Å². The van der Waals surface area contributed by atoms with Crippen molar-refractivity contribution in [1.29, 1.82) is 0 Å². The van der Waals surface area contributed by atoms with Gasteiger partial charge in [-0.05, 0) is 6.92 Å². The Kier molecular flexibility index (Phi) is 5.86. The van der Waals surface area contributed by atoms with Crippen LogP contribution in [-0.2, 0) is 9.57 Å². The van der Waals surface area contributed by atoms with Crippen LogP contribution in [0.1, 0.15) is 11.8 Å². The van der Waals surface area contributed by atoms with Gasteiger partial charge in [-0.2, -0.15) is 0 Å². The topological polar surface area (TPSA) is 140 Å². The summed E-state index contributed by atoms with van der Waals surface area (Å²) in [7, 11) is 0. The maximum Gasteiger partial charge on any atom is 0.330 e. The number of aromatic amines is 1. The number of hydrogen-bond acceptors (Lipinski definition) is 7. The van der Waals surface area contributed by atoms with Crippen molar-refractivity contribution in [1.82, 2.24) is 9.55 Å². The summed E-state index contributed by atoms with van der Waals surface area (Å²) in [6.45, 7) is 0.938. The third-order valence-electron chi connectivity index (χ3n) is 2.43. The summed E-state index contributed by atoms with van der Waals surface area (Å²) in [5.74, 6) is 4.83. The molecule has 9 heteroatoms. The van der Waals surface area contributed by atoms with E-state index in [2.05, 4.69) is 9.82 Å². The summed E-state index contributed by atoms with van der Waals surface area (Å²) < 4.78 is 6.22. The lowest BCUT2D eigenvalue weighted by Crippen LogP contribution is -2.40. The fourth-order valence-corrected chi connectivity index (χ4v) is 1.46. The summed E-state index contributed by atoms with van der Waals surface area (Å²) in [6.07, 6.45) is -1.24. The Bertz CT molecular complexity index is 511. The Morgan fingerprint density at radius 3 is 2.74 bits per heavy atom. The summed E-state index contributed by atoms with van der Waals surface area (Å²) in [5.41, 5.74) is -1.00. The van der Waals surface area contributed by atoms with Gasteiger partial charge < -0.3 is 19.8 Å². The number of aryl methyl sites for hydroxylation is 1. The van der Waals surface area contributed by atoms with Gasteiger partial charge in [0, 0.05) is 11.8 Å². The molecule has 0 amide bonds. The van der Waals surface area contributed by atoms with Gasteiger partial charge in [-0.1, -0.05) is 0 Å². The van der Waals surface area contributed by atoms with Crippen molar-refractivity contribution >= 4 is 0 Å². The zero-order valence-electron chi connectivity index (χ0n) is 10.4. The summed E-state index contributed by atoms with van der Waals surface area (Å²) in [6, 6.07) is 0. The molecule has 0 aliphatic carbocycles. The molecule has 0 aromatic carbocycles. The number of aliphatic hydroxyl groups excluding tert-OH is 2. The minimum atomic E-state index is -1.33. The van der Waals surface area contributed by atoms with Gasteiger partial charge >= 0.3 is 5.69 Å². The summed E-state index contributed by atoms with van der Waals surface area (Å²) >= 11 is 0. The van der Waals surface area contributed by atoms with Crippen molar-refractivity contribution in [2.75, 3.05) is 19.8 Å². The van der Waals surface area contributed by atoms with Crippen molar-refractivity contribution < 1.29 is 19.8 Å². The molecular weight excluding hydrogens is 258 g/mol. The molecule has 0 bridgehead atoms. The van der Waals surface area contributed by atoms with Crippen molar-refractivity contribution in [2.45, 2.75) is 19.3 Å². The molecule has 9 nitrogen and oxygen atoms in total. The molecular formula is C10H17N3O6. The summed E-state index contributed by atoms with van der Waals surface area (Å²) in [4.78, 5) is 29.3. The van der Waals surface area contributed by atoms with E-state index in [0.29, 0.717) is 0 Å². The minimum Gasteiger partial charge on any atom is -0.394 e. The van der Waals surface area contributed by atoms with E-state index in [-0.39, 0.29) is 18.8 Å². The van der Waals surface area contributed by atoms with Crippen LogP contribution in [0.15, 0.2) is 15.8 Å². The van der Waals surface area contributed by atoms with E-state index in [9.17, 15) is 14.7 Å². The predicted molar refractivity (Wildman–Crippen MR) is 64.3 cm³/mol. The Balaban J connectivity index is 3.06. The zero-order valence-corrected chi connectivity index (χ0v) is 10.4. The lowest BCUT2D eigenvalue weighted by molar-refractivity contribution is -0.111. The second kappa shape index (κ2) is 7.16. The monoisotopic (exact) mass is 275 g/mol. The van der Waals surface area contributed by atoms with E-state index >= 15 is 0 Å². The van der Waals surface area contributed by atoms with E-state index < -0.39 is 30.2 Å². The predicted octanol–water partition coefficient (Wildman–Crippen LogP) is -2.40. The molecule has 0 saturated carbocycles. The number of nitrogens with one attached hydrogen (secondary N) is 1. The van der Waals surface area contributed by atoms with Gasteiger partial charge in [-0.15, -0.1) is 0 Å². The molecule has 1 aromatic rings. The molecule has 108 valence electrons. The molecule has 1 rings (SSSR count). The van der Waals surface area contributed by atoms with Crippen LogP contribution in [0.25, 0.3) is 0 Å². The Labute approximate surface area is 108 Å². The average molecular weight is 275 g/mol. The normalized spacial score (nSPS) is 14.3. The van der Waals surface area contributed by atoms with Gasteiger partial charge in [0.25, 0.3) is 5.56 Å². The number of hydrogen-bond donors (Lipinski definition) is 4. The third-order valence-corrected chi connectivity index (χ3v) is 2.43. The number of rotatable bonds is 7. The van der Waals surface area contributed by atoms with E-state index in [4.69, 9.17) is 15.7 Å². The Morgan fingerprint density at radius 1 is 1.47 bits per heavy atom. The minimum absolute atomic E-state index is 0.00282. The number of H-pyrrole nitrogens is 1. The highest BCUT2D eigenvalue weighted by Crippen LogP contribution is 2.11. The van der Waals surface area contributed by atoms with Crippen LogP contribution in [0.2, 0.25) is 0 Å². The molecule has 2 atom stereocenters. The van der Waals surface area contributed by atoms with Crippen LogP contribution in [0.5, 0.6) is 0 Å². The van der Waals surface area contributed by atoms with Gasteiger partial charge in [-0.25, -0.2) is 10.7 Å².